The molecule has 0 bridgehead atoms. The van der Waals surface area contributed by atoms with E-state index in [4.69, 9.17) is 4.74 Å². The van der Waals surface area contributed by atoms with E-state index in [-0.39, 0.29) is 12.4 Å². The Morgan fingerprint density at radius 1 is 1.17 bits per heavy atom. The number of aromatic nitrogens is 4. The van der Waals surface area contributed by atoms with Gasteiger partial charge in [-0.25, -0.2) is 0 Å². The third-order valence-corrected chi connectivity index (χ3v) is 5.69. The molecular formula is C22H26N4O3S. The number of tetrazole rings is 1. The predicted molar refractivity (Wildman–Crippen MR) is 116 cm³/mol. The van der Waals surface area contributed by atoms with E-state index < -0.39 is 6.10 Å². The van der Waals surface area contributed by atoms with Crippen molar-refractivity contribution in [1.82, 2.24) is 20.2 Å². The number of carbonyl (C=O) groups excluding carboxylic acids is 1. The molecule has 0 saturated carbocycles. The fourth-order valence-electron chi connectivity index (χ4n) is 3.03. The summed E-state index contributed by atoms with van der Waals surface area (Å²) in [6.07, 6.45) is 0.595. The van der Waals surface area contributed by atoms with Crippen LogP contribution in [0.2, 0.25) is 0 Å². The van der Waals surface area contributed by atoms with Gasteiger partial charge >= 0.3 is 0 Å². The largest absolute Gasteiger partial charge is 0.491 e. The SMILES string of the molecule is CC(=O)CCc1ccc(OC[C@H](O)CSc2nnnn2-c2c(C)cccc2C)cc1. The number of carbonyl (C=O) groups is 1. The molecule has 30 heavy (non-hydrogen) atoms. The van der Waals surface area contributed by atoms with Crippen molar-refractivity contribution in [3.8, 4) is 11.4 Å². The van der Waals surface area contributed by atoms with Crippen LogP contribution in [0.25, 0.3) is 5.69 Å². The smallest absolute Gasteiger partial charge is 0.214 e. The van der Waals surface area contributed by atoms with Crippen molar-refractivity contribution in [3.05, 3.63) is 59.2 Å². The first-order chi connectivity index (χ1) is 14.4. The van der Waals surface area contributed by atoms with Gasteiger partial charge in [-0.2, -0.15) is 4.68 Å². The number of aliphatic hydroxyl groups excluding tert-OH is 1. The molecule has 0 radical (unpaired) electrons. The fraction of sp³-hybridized carbons (Fsp3) is 0.364. The summed E-state index contributed by atoms with van der Waals surface area (Å²) in [5.41, 5.74) is 4.21. The summed E-state index contributed by atoms with van der Waals surface area (Å²) >= 11 is 1.39. The first-order valence-corrected chi connectivity index (χ1v) is 10.8. The molecule has 0 aliphatic heterocycles. The van der Waals surface area contributed by atoms with Gasteiger partial charge in [0, 0.05) is 12.2 Å². The number of rotatable bonds is 10. The van der Waals surface area contributed by atoms with Gasteiger partial charge in [-0.3, -0.25) is 0 Å². The summed E-state index contributed by atoms with van der Waals surface area (Å²) in [7, 11) is 0. The Morgan fingerprint density at radius 3 is 2.53 bits per heavy atom. The molecule has 0 amide bonds. The van der Waals surface area contributed by atoms with Gasteiger partial charge in [0.25, 0.3) is 0 Å². The number of nitrogens with zero attached hydrogens (tertiary/aromatic N) is 4. The summed E-state index contributed by atoms with van der Waals surface area (Å²) in [6.45, 7) is 5.81. The quantitative estimate of drug-likeness (QED) is 0.497. The number of ketones is 1. The van der Waals surface area contributed by atoms with Crippen LogP contribution in [0.5, 0.6) is 5.75 Å². The second-order valence-electron chi connectivity index (χ2n) is 7.24. The van der Waals surface area contributed by atoms with Crippen molar-refractivity contribution in [1.29, 1.82) is 0 Å². The number of Topliss-reactive ketones (excluding diaryl/α,β-unsaturated/α-hetero) is 1. The lowest BCUT2D eigenvalue weighted by Crippen LogP contribution is -2.20. The van der Waals surface area contributed by atoms with Crippen LogP contribution in [-0.2, 0) is 11.2 Å². The van der Waals surface area contributed by atoms with E-state index >= 15 is 0 Å². The van der Waals surface area contributed by atoms with Crippen LogP contribution in [0.4, 0.5) is 0 Å². The van der Waals surface area contributed by atoms with Crippen LogP contribution in [0.1, 0.15) is 30.0 Å². The molecule has 1 aromatic heterocycles. The maximum Gasteiger partial charge on any atom is 0.214 e. The van der Waals surface area contributed by atoms with Gasteiger partial charge < -0.3 is 14.6 Å². The molecule has 3 rings (SSSR count). The lowest BCUT2D eigenvalue weighted by atomic mass is 10.1. The molecule has 1 N–H and O–H groups in total. The van der Waals surface area contributed by atoms with Crippen molar-refractivity contribution >= 4 is 17.5 Å². The van der Waals surface area contributed by atoms with Gasteiger partial charge in [-0.05, 0) is 66.4 Å². The summed E-state index contributed by atoms with van der Waals surface area (Å²) in [6, 6.07) is 13.6. The van der Waals surface area contributed by atoms with E-state index in [9.17, 15) is 9.90 Å². The van der Waals surface area contributed by atoms with Gasteiger partial charge in [-0.15, -0.1) is 5.10 Å². The number of hydrogen-bond acceptors (Lipinski definition) is 7. The fourth-order valence-corrected chi connectivity index (χ4v) is 3.81. The van der Waals surface area contributed by atoms with Crippen molar-refractivity contribution in [2.75, 3.05) is 12.4 Å². The lowest BCUT2D eigenvalue weighted by Gasteiger charge is -2.13. The second kappa shape index (κ2) is 10.4. The molecule has 3 aromatic rings. The molecule has 8 heteroatoms. The Morgan fingerprint density at radius 2 is 1.87 bits per heavy atom. The van der Waals surface area contributed by atoms with Crippen LogP contribution >= 0.6 is 11.8 Å². The number of para-hydroxylation sites is 1. The Hall–Kier alpha value is -2.71. The van der Waals surface area contributed by atoms with Crippen molar-refractivity contribution in [3.63, 3.8) is 0 Å². The van der Waals surface area contributed by atoms with Crippen LogP contribution in [-0.4, -0.2) is 49.6 Å². The number of thioether (sulfide) groups is 1. The van der Waals surface area contributed by atoms with Crippen molar-refractivity contribution < 1.29 is 14.6 Å². The van der Waals surface area contributed by atoms with Crippen LogP contribution in [0, 0.1) is 13.8 Å². The first kappa shape index (κ1) is 22.0. The molecule has 0 aliphatic carbocycles. The maximum atomic E-state index is 11.1. The maximum absolute atomic E-state index is 11.1. The van der Waals surface area contributed by atoms with E-state index in [0.29, 0.717) is 23.1 Å². The zero-order valence-corrected chi connectivity index (χ0v) is 18.2. The van der Waals surface area contributed by atoms with Crippen LogP contribution < -0.4 is 4.74 Å². The molecule has 1 heterocycles. The van der Waals surface area contributed by atoms with Crippen LogP contribution in [0.15, 0.2) is 47.6 Å². The average Bonchev–Trinajstić information content (AvgIpc) is 3.18. The number of aryl methyl sites for hydroxylation is 3. The van der Waals surface area contributed by atoms with Gasteiger partial charge in [-0.1, -0.05) is 42.1 Å². The second-order valence-corrected chi connectivity index (χ2v) is 8.22. The third-order valence-electron chi connectivity index (χ3n) is 4.63. The monoisotopic (exact) mass is 426 g/mol. The zero-order valence-electron chi connectivity index (χ0n) is 17.4. The van der Waals surface area contributed by atoms with Gasteiger partial charge in [0.15, 0.2) is 0 Å². The molecule has 2 aromatic carbocycles. The van der Waals surface area contributed by atoms with Crippen molar-refractivity contribution in [2.24, 2.45) is 0 Å². The highest BCUT2D eigenvalue weighted by Crippen LogP contribution is 2.24. The Balaban J connectivity index is 1.52. The molecule has 1 atom stereocenters. The minimum Gasteiger partial charge on any atom is -0.491 e. The summed E-state index contributed by atoms with van der Waals surface area (Å²) in [5.74, 6) is 1.27. The Bertz CT molecular complexity index is 968. The van der Waals surface area contributed by atoms with Gasteiger partial charge in [0.05, 0.1) is 11.8 Å². The highest BCUT2D eigenvalue weighted by Gasteiger charge is 2.15. The van der Waals surface area contributed by atoms with E-state index in [1.54, 1.807) is 11.6 Å². The van der Waals surface area contributed by atoms with E-state index in [0.717, 1.165) is 28.8 Å². The molecule has 0 unspecified atom stereocenters. The Labute approximate surface area is 180 Å². The normalized spacial score (nSPS) is 12.0. The highest BCUT2D eigenvalue weighted by molar-refractivity contribution is 7.99. The zero-order chi connectivity index (χ0) is 21.5. The number of ether oxygens (including phenoxy) is 1. The molecule has 0 saturated heterocycles. The highest BCUT2D eigenvalue weighted by atomic mass is 32.2. The molecular weight excluding hydrogens is 400 g/mol. The Kier molecular flexibility index (Phi) is 7.59. The topological polar surface area (TPSA) is 90.1 Å². The van der Waals surface area contributed by atoms with E-state index in [1.165, 1.54) is 11.8 Å². The number of benzene rings is 2. The summed E-state index contributed by atoms with van der Waals surface area (Å²) < 4.78 is 7.39. The van der Waals surface area contributed by atoms with E-state index in [2.05, 4.69) is 15.5 Å². The third kappa shape index (κ3) is 5.90. The lowest BCUT2D eigenvalue weighted by molar-refractivity contribution is -0.116. The minimum atomic E-state index is -0.671. The van der Waals surface area contributed by atoms with Crippen molar-refractivity contribution in [2.45, 2.75) is 44.9 Å². The average molecular weight is 427 g/mol. The predicted octanol–water partition coefficient (Wildman–Crippen LogP) is 3.33. The number of aliphatic hydroxyl groups is 1. The standard InChI is InChI=1S/C22H26N4O3S/c1-15-5-4-6-16(2)21(15)26-22(23-24-25-26)30-14-19(28)13-29-20-11-9-18(10-12-20)8-7-17(3)27/h4-6,9-12,19,28H,7-8,13-14H2,1-3H3/t19-/m0/s1. The molecule has 0 fully saturated rings. The summed E-state index contributed by atoms with van der Waals surface area (Å²) in [5, 5.41) is 22.9. The minimum absolute atomic E-state index is 0.171. The summed E-state index contributed by atoms with van der Waals surface area (Å²) in [4.78, 5) is 11.1. The first-order valence-electron chi connectivity index (χ1n) is 9.81. The number of hydrogen-bond donors (Lipinski definition) is 1. The van der Waals surface area contributed by atoms with Crippen LogP contribution in [0.3, 0.4) is 0 Å². The van der Waals surface area contributed by atoms with Gasteiger partial charge in [0.2, 0.25) is 5.16 Å². The molecule has 0 spiro atoms. The molecule has 7 nitrogen and oxygen atoms in total. The molecule has 158 valence electrons. The molecule has 0 aliphatic rings. The van der Waals surface area contributed by atoms with E-state index in [1.807, 2.05) is 56.3 Å². The van der Waals surface area contributed by atoms with Gasteiger partial charge in [0.1, 0.15) is 18.1 Å².